The average Bonchev–Trinajstić information content (AvgIpc) is 2.70. The third-order valence-electron chi connectivity index (χ3n) is 4.59. The molecule has 2 aromatic rings. The Morgan fingerprint density at radius 1 is 1.31 bits per heavy atom. The van der Waals surface area contributed by atoms with Crippen LogP contribution in [0.4, 0.5) is 11.8 Å². The van der Waals surface area contributed by atoms with E-state index in [1.54, 1.807) is 12.4 Å². The van der Waals surface area contributed by atoms with E-state index in [2.05, 4.69) is 31.4 Å². The molecule has 0 saturated carbocycles. The molecule has 0 spiro atoms. The highest BCUT2D eigenvalue weighted by atomic mass is 35.5. The van der Waals surface area contributed by atoms with Crippen molar-refractivity contribution < 1.29 is 0 Å². The van der Waals surface area contributed by atoms with E-state index >= 15 is 0 Å². The molecule has 0 atom stereocenters. The van der Waals surface area contributed by atoms with Gasteiger partial charge in [0.2, 0.25) is 5.95 Å². The molecule has 1 aromatic carbocycles. The number of aromatic nitrogens is 2. The molecule has 1 aliphatic rings. The standard InChI is InChI=1S/C19H25ClN8S/c1-26(2)17-15(12-23-25-18(21)29)11-22-19(24-17)28-9-7-27(8-10-28)13-14-5-3-4-6-16(14)20/h3-6,11-12H,7-10,13H2,1-2H3,(H3,21,25,29)/b23-12+. The number of benzene rings is 1. The van der Waals surface area contributed by atoms with Crippen LogP contribution in [-0.4, -0.2) is 66.5 Å². The first-order chi connectivity index (χ1) is 13.9. The van der Waals surface area contributed by atoms with Crippen LogP contribution >= 0.6 is 23.8 Å². The smallest absolute Gasteiger partial charge is 0.227 e. The molecule has 0 bridgehead atoms. The summed E-state index contributed by atoms with van der Waals surface area (Å²) in [6.07, 6.45) is 3.37. The Balaban J connectivity index is 1.65. The zero-order valence-electron chi connectivity index (χ0n) is 16.5. The van der Waals surface area contributed by atoms with Crippen molar-refractivity contribution in [2.24, 2.45) is 10.8 Å². The van der Waals surface area contributed by atoms with Gasteiger partial charge in [-0.15, -0.1) is 0 Å². The van der Waals surface area contributed by atoms with Gasteiger partial charge >= 0.3 is 0 Å². The van der Waals surface area contributed by atoms with Crippen LogP contribution in [0.25, 0.3) is 0 Å². The van der Waals surface area contributed by atoms with Crippen molar-refractivity contribution in [1.82, 2.24) is 20.3 Å². The highest BCUT2D eigenvalue weighted by molar-refractivity contribution is 7.80. The van der Waals surface area contributed by atoms with E-state index in [1.165, 1.54) is 0 Å². The molecule has 3 rings (SSSR count). The van der Waals surface area contributed by atoms with Crippen LogP contribution in [0.15, 0.2) is 35.6 Å². The molecule has 0 radical (unpaired) electrons. The number of hydrogen-bond donors (Lipinski definition) is 2. The zero-order valence-corrected chi connectivity index (χ0v) is 18.1. The lowest BCUT2D eigenvalue weighted by molar-refractivity contribution is 0.249. The summed E-state index contributed by atoms with van der Waals surface area (Å²) in [6, 6.07) is 7.99. The Morgan fingerprint density at radius 3 is 2.69 bits per heavy atom. The van der Waals surface area contributed by atoms with Crippen LogP contribution in [0.1, 0.15) is 11.1 Å². The SMILES string of the molecule is CN(C)c1nc(N2CCN(Cc3ccccc3Cl)CC2)ncc1/C=N/NC(N)=S. The quantitative estimate of drug-likeness (QED) is 0.405. The van der Waals surface area contributed by atoms with Crippen molar-refractivity contribution in [3.8, 4) is 0 Å². The van der Waals surface area contributed by atoms with E-state index in [9.17, 15) is 0 Å². The third kappa shape index (κ3) is 5.75. The van der Waals surface area contributed by atoms with Gasteiger partial charge in [0, 0.05) is 58.0 Å². The van der Waals surface area contributed by atoms with Crippen molar-refractivity contribution in [2.45, 2.75) is 6.54 Å². The molecule has 10 heteroatoms. The van der Waals surface area contributed by atoms with E-state index in [-0.39, 0.29) is 5.11 Å². The molecule has 3 N–H and O–H groups in total. The number of thiocarbonyl (C=S) groups is 1. The van der Waals surface area contributed by atoms with Crippen molar-refractivity contribution in [2.75, 3.05) is 50.1 Å². The van der Waals surface area contributed by atoms with Gasteiger partial charge in [0.25, 0.3) is 0 Å². The first kappa shape index (κ1) is 21.2. The normalized spacial score (nSPS) is 14.9. The maximum atomic E-state index is 6.29. The minimum absolute atomic E-state index is 0.111. The summed E-state index contributed by atoms with van der Waals surface area (Å²) in [5.74, 6) is 1.49. The number of halogens is 1. The monoisotopic (exact) mass is 432 g/mol. The number of nitrogens with one attached hydrogen (secondary N) is 1. The number of hydrazone groups is 1. The fraction of sp³-hybridized carbons (Fsp3) is 0.368. The van der Waals surface area contributed by atoms with Gasteiger partial charge in [-0.25, -0.2) is 4.98 Å². The van der Waals surface area contributed by atoms with Gasteiger partial charge in [0.05, 0.1) is 11.8 Å². The Bertz CT molecular complexity index is 880. The number of hydrogen-bond acceptors (Lipinski definition) is 7. The minimum atomic E-state index is 0.111. The zero-order chi connectivity index (χ0) is 20.8. The van der Waals surface area contributed by atoms with Crippen molar-refractivity contribution in [3.05, 3.63) is 46.6 Å². The average molecular weight is 433 g/mol. The number of piperazine rings is 1. The summed E-state index contributed by atoms with van der Waals surface area (Å²) in [6.45, 7) is 4.41. The maximum Gasteiger partial charge on any atom is 0.227 e. The van der Waals surface area contributed by atoms with Gasteiger partial charge in [-0.1, -0.05) is 29.8 Å². The second kappa shape index (κ2) is 9.82. The maximum absolute atomic E-state index is 6.29. The molecular formula is C19H25ClN8S. The summed E-state index contributed by atoms with van der Waals surface area (Å²) >= 11 is 11.0. The summed E-state index contributed by atoms with van der Waals surface area (Å²) in [5, 5.41) is 4.93. The van der Waals surface area contributed by atoms with Crippen LogP contribution in [0.5, 0.6) is 0 Å². The predicted octanol–water partition coefficient (Wildman–Crippen LogP) is 1.69. The molecule has 0 unspecified atom stereocenters. The van der Waals surface area contributed by atoms with E-state index in [0.29, 0.717) is 5.95 Å². The molecule has 0 amide bonds. The molecule has 2 heterocycles. The van der Waals surface area contributed by atoms with E-state index in [0.717, 1.165) is 54.7 Å². The number of nitrogens with two attached hydrogens (primary N) is 1. The van der Waals surface area contributed by atoms with Gasteiger partial charge in [-0.2, -0.15) is 10.1 Å². The lowest BCUT2D eigenvalue weighted by Gasteiger charge is -2.35. The topological polar surface area (TPSA) is 85.9 Å². The summed E-state index contributed by atoms with van der Waals surface area (Å²) in [7, 11) is 3.87. The molecule has 1 aliphatic heterocycles. The highest BCUT2D eigenvalue weighted by Crippen LogP contribution is 2.21. The molecule has 1 saturated heterocycles. The van der Waals surface area contributed by atoms with Gasteiger partial charge in [-0.3, -0.25) is 10.3 Å². The van der Waals surface area contributed by atoms with Crippen LogP contribution in [-0.2, 0) is 6.54 Å². The van der Waals surface area contributed by atoms with Gasteiger partial charge in [0.1, 0.15) is 5.82 Å². The summed E-state index contributed by atoms with van der Waals surface area (Å²) in [5.41, 5.74) is 9.87. The Morgan fingerprint density at radius 2 is 2.03 bits per heavy atom. The van der Waals surface area contributed by atoms with Crippen molar-refractivity contribution in [3.63, 3.8) is 0 Å². The van der Waals surface area contributed by atoms with Crippen LogP contribution in [0.3, 0.4) is 0 Å². The van der Waals surface area contributed by atoms with Crippen LogP contribution in [0.2, 0.25) is 5.02 Å². The lowest BCUT2D eigenvalue weighted by atomic mass is 10.2. The molecule has 1 aromatic heterocycles. The second-order valence-electron chi connectivity index (χ2n) is 6.93. The second-order valence-corrected chi connectivity index (χ2v) is 7.78. The van der Waals surface area contributed by atoms with Crippen LogP contribution in [0, 0.1) is 0 Å². The van der Waals surface area contributed by atoms with E-state index < -0.39 is 0 Å². The van der Waals surface area contributed by atoms with Crippen molar-refractivity contribution >= 4 is 46.9 Å². The molecule has 8 nitrogen and oxygen atoms in total. The first-order valence-corrected chi connectivity index (χ1v) is 10.1. The third-order valence-corrected chi connectivity index (χ3v) is 5.05. The van der Waals surface area contributed by atoms with Gasteiger partial charge < -0.3 is 15.5 Å². The largest absolute Gasteiger partial charge is 0.375 e. The van der Waals surface area contributed by atoms with Crippen LogP contribution < -0.4 is 21.0 Å². The van der Waals surface area contributed by atoms with E-state index in [4.69, 9.17) is 34.5 Å². The van der Waals surface area contributed by atoms with E-state index in [1.807, 2.05) is 37.2 Å². The van der Waals surface area contributed by atoms with Gasteiger partial charge in [-0.05, 0) is 23.8 Å². The summed E-state index contributed by atoms with van der Waals surface area (Å²) < 4.78 is 0. The summed E-state index contributed by atoms with van der Waals surface area (Å²) in [4.78, 5) is 15.8. The van der Waals surface area contributed by atoms with Gasteiger partial charge in [0.15, 0.2) is 5.11 Å². The number of anilines is 2. The lowest BCUT2D eigenvalue weighted by Crippen LogP contribution is -2.46. The molecule has 0 aliphatic carbocycles. The fourth-order valence-corrected chi connectivity index (χ4v) is 3.36. The number of rotatable bonds is 6. The molecular weight excluding hydrogens is 408 g/mol. The molecule has 1 fully saturated rings. The Hall–Kier alpha value is -2.49. The van der Waals surface area contributed by atoms with Crippen molar-refractivity contribution in [1.29, 1.82) is 0 Å². The number of nitrogens with zero attached hydrogens (tertiary/aromatic N) is 6. The predicted molar refractivity (Wildman–Crippen MR) is 123 cm³/mol. The molecule has 29 heavy (non-hydrogen) atoms. The first-order valence-electron chi connectivity index (χ1n) is 9.27. The Labute approximate surface area is 181 Å². The Kier molecular flexibility index (Phi) is 7.18. The minimum Gasteiger partial charge on any atom is -0.375 e. The molecule has 154 valence electrons. The fourth-order valence-electron chi connectivity index (χ4n) is 3.11. The highest BCUT2D eigenvalue weighted by Gasteiger charge is 2.21.